The van der Waals surface area contributed by atoms with Gasteiger partial charge in [0.1, 0.15) is 17.7 Å². The van der Waals surface area contributed by atoms with Gasteiger partial charge in [0, 0.05) is 13.1 Å². The molecule has 3 atom stereocenters. The van der Waals surface area contributed by atoms with Crippen molar-refractivity contribution in [3.05, 3.63) is 48.6 Å². The molecular formula is C32H47N5O7. The molecule has 1 fully saturated rings. The van der Waals surface area contributed by atoms with Crippen LogP contribution in [0.5, 0.6) is 0 Å². The monoisotopic (exact) mass is 613 g/mol. The van der Waals surface area contributed by atoms with E-state index in [4.69, 9.17) is 4.74 Å². The number of alkyl carbamates (subject to hydrolysis) is 1. The van der Waals surface area contributed by atoms with Crippen molar-refractivity contribution >= 4 is 35.5 Å². The zero-order valence-corrected chi connectivity index (χ0v) is 26.7. The van der Waals surface area contributed by atoms with Gasteiger partial charge in [0.2, 0.25) is 23.5 Å². The summed E-state index contributed by atoms with van der Waals surface area (Å²) in [5.41, 5.74) is -0.591. The molecule has 1 aromatic rings. The Bertz CT molecular complexity index is 1200. The van der Waals surface area contributed by atoms with Crippen molar-refractivity contribution in [3.8, 4) is 0 Å². The first-order valence-electron chi connectivity index (χ1n) is 14.9. The number of nitrogens with zero attached hydrogens (tertiary/aromatic N) is 1. The SMILES string of the molecule is C=CCCC(NC(=O)[C@@H]1CCCN1C(=O)[C@@H](NC(=O)OC(C)(C)C)C(C)(C)C)C(=O)C(=O)NCC(=O)NCc1ccccc1. The minimum atomic E-state index is -1.19. The summed E-state index contributed by atoms with van der Waals surface area (Å²) in [5, 5.41) is 10.3. The molecule has 0 aliphatic carbocycles. The van der Waals surface area contributed by atoms with Crippen LogP contribution in [0.2, 0.25) is 0 Å². The highest BCUT2D eigenvalue weighted by Crippen LogP contribution is 2.26. The standard InChI is InChI=1S/C32H47N5O7/c1-8-9-16-22(25(39)28(41)34-20-24(38)33-19-21-14-11-10-12-15-21)35-27(40)23-17-13-18-37(23)29(42)26(31(2,3)4)36-30(43)44-32(5,6)7/h8,10-12,14-15,22-23,26H,1,9,13,16-20H2,2-7H3,(H,33,38)(H,34,41)(H,35,40)(H,36,43)/t22?,23-,26+/m0/s1. The first-order chi connectivity index (χ1) is 20.5. The molecule has 0 bridgehead atoms. The Hall–Kier alpha value is -4.22. The summed E-state index contributed by atoms with van der Waals surface area (Å²) in [7, 11) is 0. The van der Waals surface area contributed by atoms with E-state index in [1.807, 2.05) is 30.3 Å². The molecule has 2 rings (SSSR count). The average molecular weight is 614 g/mol. The zero-order chi connectivity index (χ0) is 33.1. The highest BCUT2D eigenvalue weighted by molar-refractivity contribution is 6.38. The predicted octanol–water partition coefficient (Wildman–Crippen LogP) is 2.37. The second-order valence-corrected chi connectivity index (χ2v) is 12.9. The molecule has 1 saturated heterocycles. The van der Waals surface area contributed by atoms with Crippen LogP contribution in [0.1, 0.15) is 72.8 Å². The molecule has 0 saturated carbocycles. The molecule has 242 valence electrons. The second kappa shape index (κ2) is 16.0. The molecule has 0 spiro atoms. The minimum Gasteiger partial charge on any atom is -0.444 e. The molecule has 4 N–H and O–H groups in total. The fourth-order valence-electron chi connectivity index (χ4n) is 4.63. The number of benzene rings is 1. The molecule has 1 aliphatic rings. The maximum absolute atomic E-state index is 13.7. The van der Waals surface area contributed by atoms with E-state index in [9.17, 15) is 28.8 Å². The third kappa shape index (κ3) is 11.5. The number of hydrogen-bond donors (Lipinski definition) is 4. The van der Waals surface area contributed by atoms with Gasteiger partial charge in [-0.1, -0.05) is 57.2 Å². The first kappa shape index (κ1) is 36.0. The van der Waals surface area contributed by atoms with Crippen molar-refractivity contribution < 1.29 is 33.5 Å². The lowest BCUT2D eigenvalue weighted by atomic mass is 9.85. The van der Waals surface area contributed by atoms with E-state index in [2.05, 4.69) is 27.8 Å². The van der Waals surface area contributed by atoms with E-state index >= 15 is 0 Å². The zero-order valence-electron chi connectivity index (χ0n) is 26.7. The molecule has 44 heavy (non-hydrogen) atoms. The number of carbonyl (C=O) groups excluding carboxylic acids is 6. The van der Waals surface area contributed by atoms with Gasteiger partial charge in [-0.05, 0) is 57.4 Å². The number of nitrogens with one attached hydrogen (secondary N) is 4. The predicted molar refractivity (Wildman–Crippen MR) is 165 cm³/mol. The van der Waals surface area contributed by atoms with E-state index in [1.54, 1.807) is 47.6 Å². The van der Waals surface area contributed by atoms with Gasteiger partial charge in [0.25, 0.3) is 5.91 Å². The van der Waals surface area contributed by atoms with Crippen LogP contribution in [-0.2, 0) is 35.3 Å². The Morgan fingerprint density at radius 3 is 2.25 bits per heavy atom. The Kier molecular flexibility index (Phi) is 13.1. The minimum absolute atomic E-state index is 0.104. The molecule has 0 radical (unpaired) electrons. The van der Waals surface area contributed by atoms with Crippen LogP contribution in [0.15, 0.2) is 43.0 Å². The second-order valence-electron chi connectivity index (χ2n) is 12.9. The fraction of sp³-hybridized carbons (Fsp3) is 0.562. The van der Waals surface area contributed by atoms with Crippen LogP contribution < -0.4 is 21.3 Å². The van der Waals surface area contributed by atoms with Crippen LogP contribution in [0.4, 0.5) is 4.79 Å². The first-order valence-corrected chi connectivity index (χ1v) is 14.9. The number of ketones is 1. The lowest BCUT2D eigenvalue weighted by Gasteiger charge is -2.36. The van der Waals surface area contributed by atoms with Gasteiger partial charge in [-0.3, -0.25) is 24.0 Å². The van der Waals surface area contributed by atoms with Gasteiger partial charge in [-0.15, -0.1) is 6.58 Å². The van der Waals surface area contributed by atoms with Crippen molar-refractivity contribution in [2.45, 2.75) is 97.5 Å². The normalized spacial score (nSPS) is 16.2. The molecular weight excluding hydrogens is 566 g/mol. The van der Waals surface area contributed by atoms with Gasteiger partial charge in [-0.25, -0.2) is 4.79 Å². The third-order valence-electron chi connectivity index (χ3n) is 6.87. The van der Waals surface area contributed by atoms with Gasteiger partial charge < -0.3 is 30.9 Å². The Labute approximate surface area is 259 Å². The molecule has 12 heteroatoms. The highest BCUT2D eigenvalue weighted by Gasteiger charge is 2.43. The summed E-state index contributed by atoms with van der Waals surface area (Å²) in [5.74, 6) is -3.44. The topological polar surface area (TPSA) is 163 Å². The average Bonchev–Trinajstić information content (AvgIpc) is 3.44. The van der Waals surface area contributed by atoms with Crippen LogP contribution in [-0.4, -0.2) is 77.2 Å². The van der Waals surface area contributed by atoms with Crippen molar-refractivity contribution in [2.24, 2.45) is 5.41 Å². The number of carbonyl (C=O) groups is 6. The summed E-state index contributed by atoms with van der Waals surface area (Å²) in [6, 6.07) is 6.14. The van der Waals surface area contributed by atoms with E-state index in [0.717, 1.165) is 5.56 Å². The van der Waals surface area contributed by atoms with E-state index in [1.165, 1.54) is 4.90 Å². The van der Waals surface area contributed by atoms with Crippen LogP contribution in [0.25, 0.3) is 0 Å². The lowest BCUT2D eigenvalue weighted by Crippen LogP contribution is -2.59. The number of Topliss-reactive ketones (excluding diaryl/α,β-unsaturated/α-hetero) is 1. The van der Waals surface area contributed by atoms with Gasteiger partial charge in [0.05, 0.1) is 12.6 Å². The summed E-state index contributed by atoms with van der Waals surface area (Å²) in [4.78, 5) is 79.0. The number of amides is 5. The van der Waals surface area contributed by atoms with Gasteiger partial charge in [-0.2, -0.15) is 0 Å². The van der Waals surface area contributed by atoms with Gasteiger partial charge >= 0.3 is 6.09 Å². The maximum Gasteiger partial charge on any atom is 0.408 e. The maximum atomic E-state index is 13.7. The number of allylic oxidation sites excluding steroid dienone is 1. The Morgan fingerprint density at radius 1 is 1.00 bits per heavy atom. The lowest BCUT2D eigenvalue weighted by molar-refractivity contribution is -0.144. The largest absolute Gasteiger partial charge is 0.444 e. The molecule has 12 nitrogen and oxygen atoms in total. The van der Waals surface area contributed by atoms with Crippen molar-refractivity contribution in [3.63, 3.8) is 0 Å². The number of ether oxygens (including phenoxy) is 1. The smallest absolute Gasteiger partial charge is 0.408 e. The molecule has 1 aliphatic heterocycles. The molecule has 1 aromatic carbocycles. The Balaban J connectivity index is 2.06. The summed E-state index contributed by atoms with van der Waals surface area (Å²) in [6.45, 7) is 14.3. The molecule has 5 amide bonds. The van der Waals surface area contributed by atoms with Crippen LogP contribution in [0.3, 0.4) is 0 Å². The van der Waals surface area contributed by atoms with E-state index < -0.39 is 71.2 Å². The molecule has 1 unspecified atom stereocenters. The molecule has 1 heterocycles. The Morgan fingerprint density at radius 2 is 1.66 bits per heavy atom. The highest BCUT2D eigenvalue weighted by atomic mass is 16.6. The number of likely N-dealkylation sites (tertiary alicyclic amines) is 1. The number of rotatable bonds is 13. The fourth-order valence-corrected chi connectivity index (χ4v) is 4.63. The van der Waals surface area contributed by atoms with E-state index in [-0.39, 0.29) is 19.5 Å². The van der Waals surface area contributed by atoms with Crippen molar-refractivity contribution in [2.75, 3.05) is 13.1 Å². The van der Waals surface area contributed by atoms with Crippen LogP contribution >= 0.6 is 0 Å². The molecule has 0 aromatic heterocycles. The summed E-state index contributed by atoms with van der Waals surface area (Å²) in [6.07, 6.45) is 2.13. The van der Waals surface area contributed by atoms with Crippen LogP contribution in [0, 0.1) is 5.41 Å². The number of hydrogen-bond acceptors (Lipinski definition) is 7. The summed E-state index contributed by atoms with van der Waals surface area (Å²) < 4.78 is 5.35. The van der Waals surface area contributed by atoms with Crippen molar-refractivity contribution in [1.29, 1.82) is 0 Å². The quantitative estimate of drug-likeness (QED) is 0.196. The third-order valence-corrected chi connectivity index (χ3v) is 6.87. The van der Waals surface area contributed by atoms with Crippen molar-refractivity contribution in [1.82, 2.24) is 26.2 Å². The van der Waals surface area contributed by atoms with E-state index in [0.29, 0.717) is 19.3 Å². The van der Waals surface area contributed by atoms with Gasteiger partial charge in [0.15, 0.2) is 0 Å². The summed E-state index contributed by atoms with van der Waals surface area (Å²) >= 11 is 0.